The smallest absolute Gasteiger partial charge is 0.297 e. The van der Waals surface area contributed by atoms with Gasteiger partial charge in [0.25, 0.3) is 5.97 Å². The summed E-state index contributed by atoms with van der Waals surface area (Å²) in [5.41, 5.74) is -0.318. The van der Waals surface area contributed by atoms with Gasteiger partial charge in [-0.3, -0.25) is 4.79 Å². The van der Waals surface area contributed by atoms with Crippen LogP contribution >= 0.6 is 0 Å². The van der Waals surface area contributed by atoms with E-state index in [1.165, 1.54) is 0 Å². The van der Waals surface area contributed by atoms with E-state index in [-0.39, 0.29) is 11.4 Å². The first-order valence-electron chi connectivity index (χ1n) is 3.51. The van der Waals surface area contributed by atoms with Crippen LogP contribution in [0.2, 0.25) is 0 Å². The quantitative estimate of drug-likeness (QED) is 0.550. The highest BCUT2D eigenvalue weighted by Crippen LogP contribution is 2.26. The zero-order chi connectivity index (χ0) is 8.36. The maximum atomic E-state index is 11.1. The summed E-state index contributed by atoms with van der Waals surface area (Å²) in [4.78, 5) is 11.1. The Morgan fingerprint density at radius 3 is 2.00 bits per heavy atom. The lowest BCUT2D eigenvalue weighted by molar-refractivity contribution is -0.145. The van der Waals surface area contributed by atoms with Crippen molar-refractivity contribution in [2.45, 2.75) is 27.7 Å². The van der Waals surface area contributed by atoms with Crippen molar-refractivity contribution in [3.63, 3.8) is 0 Å². The fraction of sp³-hybridized carbons (Fsp3) is 0.857. The lowest BCUT2D eigenvalue weighted by Crippen LogP contribution is -2.31. The Hall–Kier alpha value is -0.313. The van der Waals surface area contributed by atoms with Crippen LogP contribution in [0, 0.1) is 11.3 Å². The van der Waals surface area contributed by atoms with Crippen LogP contribution in [0.4, 0.5) is 0 Å². The van der Waals surface area contributed by atoms with Crippen molar-refractivity contribution in [3.05, 3.63) is 0 Å². The minimum absolute atomic E-state index is 0.0748. The Morgan fingerprint density at radius 2 is 1.90 bits per heavy atom. The summed E-state index contributed by atoms with van der Waals surface area (Å²) in [6, 6.07) is 0. The van der Waals surface area contributed by atoms with Gasteiger partial charge in [0, 0.05) is 0 Å². The summed E-state index contributed by atoms with van der Waals surface area (Å²) < 4.78 is 4.78. The van der Waals surface area contributed by atoms with Crippen molar-refractivity contribution in [2.75, 3.05) is 0 Å². The molecule has 0 rings (SSSR count). The van der Waals surface area contributed by atoms with E-state index in [2.05, 4.69) is 0 Å². The van der Waals surface area contributed by atoms with Gasteiger partial charge >= 0.3 is 0 Å². The molecule has 0 heterocycles. The summed E-state index contributed by atoms with van der Waals surface area (Å²) >= 11 is 0. The average molecular weight is 160 g/mol. The minimum Gasteiger partial charge on any atom is -0.528 e. The first-order chi connectivity index (χ1) is 4.42. The predicted octanol–water partition coefficient (Wildman–Crippen LogP) is 0.492. The molecule has 0 aliphatic heterocycles. The normalized spacial score (nSPS) is 12.1. The van der Waals surface area contributed by atoms with Gasteiger partial charge in [0.15, 0.2) is 0 Å². The van der Waals surface area contributed by atoms with Crippen molar-refractivity contribution in [1.29, 1.82) is 0 Å². The summed E-state index contributed by atoms with van der Waals surface area (Å²) in [6.07, 6.45) is 0. The van der Waals surface area contributed by atoms with Crippen molar-refractivity contribution < 1.29 is 9.22 Å². The molecule has 0 N–H and O–H groups in total. The molecule has 0 aliphatic rings. The van der Waals surface area contributed by atoms with E-state index < -0.39 is 0 Å². The van der Waals surface area contributed by atoms with Crippen molar-refractivity contribution >= 4 is 16.5 Å². The summed E-state index contributed by atoms with van der Waals surface area (Å²) in [5.74, 6) is 0.267. The molecule has 0 radical (unpaired) electrons. The van der Waals surface area contributed by atoms with E-state index in [9.17, 15) is 4.79 Å². The number of rotatable bonds is 2. The molecule has 0 saturated heterocycles. The Labute approximate surface area is 65.5 Å². The van der Waals surface area contributed by atoms with Gasteiger partial charge in [-0.25, -0.2) is 0 Å². The zero-order valence-electron chi connectivity index (χ0n) is 7.39. The van der Waals surface area contributed by atoms with Gasteiger partial charge < -0.3 is 4.43 Å². The van der Waals surface area contributed by atoms with E-state index in [4.69, 9.17) is 4.43 Å². The number of carbonyl (C=O) groups excluding carboxylic acids is 1. The Kier molecular flexibility index (Phi) is 3.09. The molecule has 0 unspecified atom stereocenters. The first kappa shape index (κ1) is 9.69. The lowest BCUT2D eigenvalue weighted by Gasteiger charge is -2.25. The average Bonchev–Trinajstić information content (AvgIpc) is 1.86. The molecule has 3 heteroatoms. The molecular weight excluding hydrogens is 144 g/mol. The molecular formula is C7H16O2Si. The van der Waals surface area contributed by atoms with Crippen LogP contribution in [-0.2, 0) is 9.22 Å². The highest BCUT2D eigenvalue weighted by Gasteiger charge is 2.31. The fourth-order valence-electron chi connectivity index (χ4n) is 0.499. The molecule has 0 bridgehead atoms. The van der Waals surface area contributed by atoms with Crippen LogP contribution in [0.15, 0.2) is 0 Å². The highest BCUT2D eigenvalue weighted by atomic mass is 28.2. The van der Waals surface area contributed by atoms with Gasteiger partial charge in [0.2, 0.25) is 10.5 Å². The van der Waals surface area contributed by atoms with Gasteiger partial charge in [-0.1, -0.05) is 13.8 Å². The van der Waals surface area contributed by atoms with Crippen molar-refractivity contribution in [3.8, 4) is 0 Å². The molecule has 0 aromatic carbocycles. The van der Waals surface area contributed by atoms with E-state index in [0.29, 0.717) is 16.4 Å². The molecule has 0 amide bonds. The minimum atomic E-state index is -0.318. The Morgan fingerprint density at radius 1 is 1.50 bits per heavy atom. The van der Waals surface area contributed by atoms with Crippen molar-refractivity contribution in [2.24, 2.45) is 11.3 Å². The van der Waals surface area contributed by atoms with E-state index in [0.717, 1.165) is 0 Å². The maximum Gasteiger partial charge on any atom is 0.297 e. The highest BCUT2D eigenvalue weighted by molar-refractivity contribution is 6.06. The third-order valence-electron chi connectivity index (χ3n) is 2.15. The van der Waals surface area contributed by atoms with Crippen LogP contribution in [0.1, 0.15) is 27.7 Å². The lowest BCUT2D eigenvalue weighted by atomic mass is 9.81. The topological polar surface area (TPSA) is 26.3 Å². The third kappa shape index (κ3) is 1.83. The second-order valence-corrected chi connectivity index (χ2v) is 3.78. The second-order valence-electron chi connectivity index (χ2n) is 3.37. The van der Waals surface area contributed by atoms with Crippen LogP contribution < -0.4 is 0 Å². The maximum absolute atomic E-state index is 11.1. The van der Waals surface area contributed by atoms with E-state index in [1.54, 1.807) is 0 Å². The zero-order valence-corrected chi connectivity index (χ0v) is 9.39. The molecule has 0 aliphatic carbocycles. The Bertz CT molecular complexity index is 130. The monoisotopic (exact) mass is 160 g/mol. The number of hydrogen-bond donors (Lipinski definition) is 0. The van der Waals surface area contributed by atoms with Gasteiger partial charge in [0.05, 0.1) is 5.41 Å². The van der Waals surface area contributed by atoms with Gasteiger partial charge in [-0.15, -0.1) is 0 Å². The molecule has 0 atom stereocenters. The molecule has 0 fully saturated rings. The molecule has 60 valence electrons. The molecule has 0 aromatic rings. The summed E-state index contributed by atoms with van der Waals surface area (Å²) in [5, 5.41) is 0. The second kappa shape index (κ2) is 3.19. The molecule has 0 aromatic heterocycles. The summed E-state index contributed by atoms with van der Waals surface area (Å²) in [6.45, 7) is 7.88. The third-order valence-corrected chi connectivity index (χ3v) is 2.53. The van der Waals surface area contributed by atoms with Crippen LogP contribution in [0.25, 0.3) is 0 Å². The molecule has 2 nitrogen and oxygen atoms in total. The number of hydrogen-bond acceptors (Lipinski definition) is 2. The fourth-order valence-corrected chi connectivity index (χ4v) is 1.02. The van der Waals surface area contributed by atoms with E-state index >= 15 is 0 Å². The van der Waals surface area contributed by atoms with Gasteiger partial charge in [-0.2, -0.15) is 0 Å². The molecule has 10 heavy (non-hydrogen) atoms. The standard InChI is InChI=1S/C7H16O2Si/c1-5(2)7(3,4)6(8)9-10/h5H,1-4,10H3. The SMILES string of the molecule is CC(C)C(C)(C)C(=O)O[SiH3]. The molecule has 0 saturated carbocycles. The number of carbonyl (C=O) groups is 1. The van der Waals surface area contributed by atoms with Gasteiger partial charge in [0.1, 0.15) is 0 Å². The predicted molar refractivity (Wildman–Crippen MR) is 44.7 cm³/mol. The van der Waals surface area contributed by atoms with Crippen LogP contribution in [0.5, 0.6) is 0 Å². The Balaban J connectivity index is 4.24. The van der Waals surface area contributed by atoms with Gasteiger partial charge in [-0.05, 0) is 19.8 Å². The van der Waals surface area contributed by atoms with Crippen molar-refractivity contribution in [1.82, 2.24) is 0 Å². The largest absolute Gasteiger partial charge is 0.528 e. The van der Waals surface area contributed by atoms with Crippen LogP contribution in [-0.4, -0.2) is 16.5 Å². The van der Waals surface area contributed by atoms with Crippen LogP contribution in [0.3, 0.4) is 0 Å². The molecule has 0 spiro atoms. The van der Waals surface area contributed by atoms with E-state index in [1.807, 2.05) is 27.7 Å². The first-order valence-corrected chi connectivity index (χ1v) is 4.33. The summed E-state index contributed by atoms with van der Waals surface area (Å²) in [7, 11) is 0.500.